The molecular formula is C14H19NO2. The molecule has 2 atom stereocenters. The molecule has 0 aliphatic carbocycles. The van der Waals surface area contributed by atoms with Crippen LogP contribution in [0.4, 0.5) is 5.69 Å². The fourth-order valence-corrected chi connectivity index (χ4v) is 2.70. The maximum atomic E-state index is 11.5. The van der Waals surface area contributed by atoms with Crippen LogP contribution in [0, 0.1) is 11.8 Å². The maximum Gasteiger partial charge on any atom is 0.311 e. The number of aliphatic carboxylic acids is 1. The summed E-state index contributed by atoms with van der Waals surface area (Å²) in [5, 5.41) is 12.8. The molecule has 0 saturated carbocycles. The van der Waals surface area contributed by atoms with Gasteiger partial charge in [0.2, 0.25) is 0 Å². The number of carboxylic acids is 1. The second-order valence-corrected chi connectivity index (χ2v) is 5.17. The lowest BCUT2D eigenvalue weighted by Crippen LogP contribution is -2.33. The Morgan fingerprint density at radius 1 is 1.47 bits per heavy atom. The van der Waals surface area contributed by atoms with Gasteiger partial charge in [-0.2, -0.15) is 0 Å². The molecule has 3 heteroatoms. The van der Waals surface area contributed by atoms with E-state index >= 15 is 0 Å². The van der Waals surface area contributed by atoms with Crippen molar-refractivity contribution in [3.05, 3.63) is 29.8 Å². The summed E-state index contributed by atoms with van der Waals surface area (Å²) in [6, 6.07) is 7.73. The van der Waals surface area contributed by atoms with Gasteiger partial charge in [0.25, 0.3) is 0 Å². The lowest BCUT2D eigenvalue weighted by atomic mass is 9.78. The molecule has 0 amide bonds. The van der Waals surface area contributed by atoms with E-state index in [1.54, 1.807) is 0 Å². The molecule has 1 aromatic rings. The van der Waals surface area contributed by atoms with Gasteiger partial charge < -0.3 is 10.4 Å². The molecular weight excluding hydrogens is 214 g/mol. The minimum absolute atomic E-state index is 0.183. The smallest absolute Gasteiger partial charge is 0.311 e. The zero-order valence-corrected chi connectivity index (χ0v) is 10.3. The SMILES string of the molecule is CC(C)CC1CNc2ccccc2C1C(=O)O. The number of rotatable bonds is 3. The Labute approximate surface area is 102 Å². The van der Waals surface area contributed by atoms with Crippen LogP contribution < -0.4 is 5.32 Å². The number of carboxylic acid groups (broad SMARTS) is 1. The molecule has 2 unspecified atom stereocenters. The molecule has 0 saturated heterocycles. The number of anilines is 1. The van der Waals surface area contributed by atoms with E-state index in [0.717, 1.165) is 24.2 Å². The van der Waals surface area contributed by atoms with Gasteiger partial charge in [-0.1, -0.05) is 32.0 Å². The van der Waals surface area contributed by atoms with Crippen molar-refractivity contribution in [1.82, 2.24) is 0 Å². The summed E-state index contributed by atoms with van der Waals surface area (Å²) in [5.41, 5.74) is 1.90. The Hall–Kier alpha value is -1.51. The molecule has 0 fully saturated rings. The van der Waals surface area contributed by atoms with Crippen molar-refractivity contribution < 1.29 is 9.90 Å². The Balaban J connectivity index is 2.32. The van der Waals surface area contributed by atoms with Crippen LogP contribution in [0.1, 0.15) is 31.7 Å². The van der Waals surface area contributed by atoms with Gasteiger partial charge in [0.05, 0.1) is 5.92 Å². The average Bonchev–Trinajstić information content (AvgIpc) is 2.27. The Morgan fingerprint density at radius 3 is 2.82 bits per heavy atom. The highest BCUT2D eigenvalue weighted by Gasteiger charge is 2.34. The number of benzene rings is 1. The van der Waals surface area contributed by atoms with Crippen LogP contribution in [0.15, 0.2) is 24.3 Å². The monoisotopic (exact) mass is 233 g/mol. The van der Waals surface area contributed by atoms with Crippen LogP contribution in [0.25, 0.3) is 0 Å². The van der Waals surface area contributed by atoms with Gasteiger partial charge in [-0.05, 0) is 29.9 Å². The summed E-state index contributed by atoms with van der Waals surface area (Å²) in [7, 11) is 0. The van der Waals surface area contributed by atoms with Gasteiger partial charge in [-0.25, -0.2) is 0 Å². The molecule has 92 valence electrons. The highest BCUT2D eigenvalue weighted by Crippen LogP contribution is 2.38. The van der Waals surface area contributed by atoms with E-state index in [4.69, 9.17) is 0 Å². The molecule has 2 rings (SSSR count). The summed E-state index contributed by atoms with van der Waals surface area (Å²) in [6.07, 6.45) is 0.943. The lowest BCUT2D eigenvalue weighted by molar-refractivity contribution is -0.140. The van der Waals surface area contributed by atoms with Gasteiger partial charge in [0.15, 0.2) is 0 Å². The van der Waals surface area contributed by atoms with E-state index in [1.807, 2.05) is 24.3 Å². The van der Waals surface area contributed by atoms with Crippen molar-refractivity contribution in [2.75, 3.05) is 11.9 Å². The number of nitrogens with one attached hydrogen (secondary N) is 1. The Kier molecular flexibility index (Phi) is 3.36. The van der Waals surface area contributed by atoms with Crippen LogP contribution in [-0.4, -0.2) is 17.6 Å². The molecule has 0 bridgehead atoms. The fourth-order valence-electron chi connectivity index (χ4n) is 2.70. The molecule has 1 aliphatic rings. The first kappa shape index (κ1) is 12.0. The Bertz CT molecular complexity index is 414. The highest BCUT2D eigenvalue weighted by atomic mass is 16.4. The van der Waals surface area contributed by atoms with E-state index in [0.29, 0.717) is 5.92 Å². The summed E-state index contributed by atoms with van der Waals surface area (Å²) >= 11 is 0. The third kappa shape index (κ3) is 2.43. The largest absolute Gasteiger partial charge is 0.481 e. The lowest BCUT2D eigenvalue weighted by Gasteiger charge is -2.32. The van der Waals surface area contributed by atoms with E-state index in [2.05, 4.69) is 19.2 Å². The van der Waals surface area contributed by atoms with Crippen LogP contribution in [0.2, 0.25) is 0 Å². The zero-order chi connectivity index (χ0) is 12.4. The number of carbonyl (C=O) groups is 1. The van der Waals surface area contributed by atoms with E-state index in [9.17, 15) is 9.90 Å². The van der Waals surface area contributed by atoms with Crippen molar-refractivity contribution in [1.29, 1.82) is 0 Å². The van der Waals surface area contributed by atoms with Crippen molar-refractivity contribution in [3.63, 3.8) is 0 Å². The minimum atomic E-state index is -0.704. The summed E-state index contributed by atoms with van der Waals surface area (Å²) in [4.78, 5) is 11.5. The second kappa shape index (κ2) is 4.78. The molecule has 1 aliphatic heterocycles. The standard InChI is InChI=1S/C14H19NO2/c1-9(2)7-10-8-15-12-6-4-3-5-11(12)13(10)14(16)17/h3-6,9-10,13,15H,7-8H2,1-2H3,(H,16,17). The molecule has 0 radical (unpaired) electrons. The van der Waals surface area contributed by atoms with Gasteiger partial charge in [0.1, 0.15) is 0 Å². The third-order valence-corrected chi connectivity index (χ3v) is 3.36. The van der Waals surface area contributed by atoms with Gasteiger partial charge in [-0.15, -0.1) is 0 Å². The molecule has 1 aromatic carbocycles. The minimum Gasteiger partial charge on any atom is -0.481 e. The van der Waals surface area contributed by atoms with Crippen molar-refractivity contribution in [2.45, 2.75) is 26.2 Å². The number of hydrogen-bond donors (Lipinski definition) is 2. The number of hydrogen-bond acceptors (Lipinski definition) is 2. The van der Waals surface area contributed by atoms with Gasteiger partial charge in [-0.3, -0.25) is 4.79 Å². The average molecular weight is 233 g/mol. The number of para-hydroxylation sites is 1. The first-order valence-corrected chi connectivity index (χ1v) is 6.15. The molecule has 0 spiro atoms. The fraction of sp³-hybridized carbons (Fsp3) is 0.500. The Morgan fingerprint density at radius 2 is 2.18 bits per heavy atom. The van der Waals surface area contributed by atoms with E-state index in [1.165, 1.54) is 0 Å². The zero-order valence-electron chi connectivity index (χ0n) is 10.3. The van der Waals surface area contributed by atoms with Gasteiger partial charge in [0, 0.05) is 12.2 Å². The second-order valence-electron chi connectivity index (χ2n) is 5.17. The topological polar surface area (TPSA) is 49.3 Å². The molecule has 1 heterocycles. The third-order valence-electron chi connectivity index (χ3n) is 3.36. The summed E-state index contributed by atoms with van der Waals surface area (Å²) in [6.45, 7) is 5.03. The molecule has 17 heavy (non-hydrogen) atoms. The summed E-state index contributed by atoms with van der Waals surface area (Å²) < 4.78 is 0. The maximum absolute atomic E-state index is 11.5. The first-order chi connectivity index (χ1) is 8.09. The van der Waals surface area contributed by atoms with Crippen molar-refractivity contribution in [3.8, 4) is 0 Å². The predicted molar refractivity (Wildman–Crippen MR) is 68.3 cm³/mol. The first-order valence-electron chi connectivity index (χ1n) is 6.15. The quantitative estimate of drug-likeness (QED) is 0.844. The highest BCUT2D eigenvalue weighted by molar-refractivity contribution is 5.80. The van der Waals surface area contributed by atoms with E-state index in [-0.39, 0.29) is 11.8 Å². The van der Waals surface area contributed by atoms with Gasteiger partial charge >= 0.3 is 5.97 Å². The van der Waals surface area contributed by atoms with Crippen LogP contribution in [-0.2, 0) is 4.79 Å². The normalized spacial score (nSPS) is 23.0. The molecule has 3 nitrogen and oxygen atoms in total. The summed E-state index contributed by atoms with van der Waals surface area (Å²) in [5.74, 6) is -0.365. The van der Waals surface area contributed by atoms with Crippen LogP contribution in [0.5, 0.6) is 0 Å². The molecule has 0 aromatic heterocycles. The van der Waals surface area contributed by atoms with Crippen molar-refractivity contribution >= 4 is 11.7 Å². The predicted octanol–water partition coefficient (Wildman–Crippen LogP) is 2.94. The van der Waals surface area contributed by atoms with Crippen LogP contribution >= 0.6 is 0 Å². The van der Waals surface area contributed by atoms with Crippen LogP contribution in [0.3, 0.4) is 0 Å². The molecule has 2 N–H and O–H groups in total. The van der Waals surface area contributed by atoms with E-state index < -0.39 is 5.97 Å². The number of fused-ring (bicyclic) bond motifs is 1. The van der Waals surface area contributed by atoms with Crippen molar-refractivity contribution in [2.24, 2.45) is 11.8 Å².